The van der Waals surface area contributed by atoms with Gasteiger partial charge in [-0.3, -0.25) is 9.59 Å². The SMILES string of the molecule is CCOc1ccccc1OCC(=O)N1CCCC(CNC(=O)C2CCCN2)C1.Cl. The zero-order chi connectivity index (χ0) is 19.8. The van der Waals surface area contributed by atoms with Gasteiger partial charge in [0.05, 0.1) is 12.6 Å². The van der Waals surface area contributed by atoms with Gasteiger partial charge < -0.3 is 25.0 Å². The number of nitrogens with one attached hydrogen (secondary N) is 2. The summed E-state index contributed by atoms with van der Waals surface area (Å²) in [6.45, 7) is 5.39. The van der Waals surface area contributed by atoms with Crippen molar-refractivity contribution in [1.29, 1.82) is 0 Å². The number of ether oxygens (including phenoxy) is 2. The Bertz CT molecular complexity index is 667. The maximum atomic E-state index is 12.6. The van der Waals surface area contributed by atoms with Crippen LogP contribution in [-0.2, 0) is 9.59 Å². The van der Waals surface area contributed by atoms with Crippen LogP contribution in [0.5, 0.6) is 11.5 Å². The molecule has 162 valence electrons. The molecule has 2 amide bonds. The van der Waals surface area contributed by atoms with Crippen LogP contribution in [0.1, 0.15) is 32.6 Å². The highest BCUT2D eigenvalue weighted by atomic mass is 35.5. The highest BCUT2D eigenvalue weighted by Crippen LogP contribution is 2.26. The van der Waals surface area contributed by atoms with Gasteiger partial charge in [-0.1, -0.05) is 12.1 Å². The molecule has 3 rings (SSSR count). The van der Waals surface area contributed by atoms with Crippen LogP contribution in [0.2, 0.25) is 0 Å². The molecule has 2 atom stereocenters. The number of piperidine rings is 1. The zero-order valence-corrected chi connectivity index (χ0v) is 17.8. The van der Waals surface area contributed by atoms with E-state index in [1.54, 1.807) is 0 Å². The minimum atomic E-state index is -0.0554. The summed E-state index contributed by atoms with van der Waals surface area (Å²) in [5.74, 6) is 1.58. The molecule has 2 aliphatic rings. The molecule has 7 nitrogen and oxygen atoms in total. The zero-order valence-electron chi connectivity index (χ0n) is 17.0. The van der Waals surface area contributed by atoms with Crippen molar-refractivity contribution in [1.82, 2.24) is 15.5 Å². The van der Waals surface area contributed by atoms with Gasteiger partial charge >= 0.3 is 0 Å². The van der Waals surface area contributed by atoms with E-state index in [1.807, 2.05) is 36.1 Å². The van der Waals surface area contributed by atoms with E-state index in [9.17, 15) is 9.59 Å². The number of benzene rings is 1. The number of rotatable bonds is 8. The number of para-hydroxylation sites is 2. The number of carbonyl (C=O) groups excluding carboxylic acids is 2. The fourth-order valence-corrected chi connectivity index (χ4v) is 3.81. The molecule has 2 unspecified atom stereocenters. The Kier molecular flexibility index (Phi) is 9.54. The number of hydrogen-bond donors (Lipinski definition) is 2. The summed E-state index contributed by atoms with van der Waals surface area (Å²) in [7, 11) is 0. The lowest BCUT2D eigenvalue weighted by Crippen LogP contribution is -2.47. The molecule has 0 aromatic heterocycles. The van der Waals surface area contributed by atoms with E-state index in [0.29, 0.717) is 37.1 Å². The molecule has 2 saturated heterocycles. The van der Waals surface area contributed by atoms with E-state index in [-0.39, 0.29) is 36.9 Å². The first-order chi connectivity index (χ1) is 13.7. The van der Waals surface area contributed by atoms with Gasteiger partial charge in [-0.15, -0.1) is 12.4 Å². The molecular weight excluding hydrogens is 394 g/mol. The first-order valence-corrected chi connectivity index (χ1v) is 10.3. The van der Waals surface area contributed by atoms with Crippen LogP contribution in [0, 0.1) is 5.92 Å². The lowest BCUT2D eigenvalue weighted by Gasteiger charge is -2.33. The van der Waals surface area contributed by atoms with Gasteiger partial charge in [0.15, 0.2) is 18.1 Å². The van der Waals surface area contributed by atoms with Gasteiger partial charge in [-0.05, 0) is 57.2 Å². The van der Waals surface area contributed by atoms with Crippen molar-refractivity contribution in [3.63, 3.8) is 0 Å². The van der Waals surface area contributed by atoms with Crippen LogP contribution in [-0.4, -0.2) is 62.1 Å². The van der Waals surface area contributed by atoms with Crippen molar-refractivity contribution in [3.05, 3.63) is 24.3 Å². The third kappa shape index (κ3) is 6.78. The smallest absolute Gasteiger partial charge is 0.260 e. The molecular formula is C21H32ClN3O4. The van der Waals surface area contributed by atoms with Gasteiger partial charge in [0, 0.05) is 19.6 Å². The molecule has 2 fully saturated rings. The Morgan fingerprint density at radius 1 is 1.17 bits per heavy atom. The Morgan fingerprint density at radius 2 is 1.93 bits per heavy atom. The molecule has 0 radical (unpaired) electrons. The standard InChI is InChI=1S/C21H31N3O4.ClH/c1-2-27-18-9-3-4-10-19(18)28-15-20(25)24-12-6-7-16(14-24)13-23-21(26)17-8-5-11-22-17;/h3-4,9-10,16-17,22H,2,5-8,11-15H2,1H3,(H,23,26);1H. The predicted octanol–water partition coefficient (Wildman–Crippen LogP) is 1.99. The number of nitrogens with zero attached hydrogens (tertiary/aromatic N) is 1. The first kappa shape index (κ1) is 23.3. The largest absolute Gasteiger partial charge is 0.490 e. The monoisotopic (exact) mass is 425 g/mol. The molecule has 0 spiro atoms. The topological polar surface area (TPSA) is 79.9 Å². The van der Waals surface area contributed by atoms with Gasteiger partial charge in [0.25, 0.3) is 5.91 Å². The molecule has 0 bridgehead atoms. The van der Waals surface area contributed by atoms with E-state index in [0.717, 1.165) is 38.8 Å². The first-order valence-electron chi connectivity index (χ1n) is 10.3. The van der Waals surface area contributed by atoms with Gasteiger partial charge in [-0.2, -0.15) is 0 Å². The second-order valence-electron chi connectivity index (χ2n) is 7.41. The van der Waals surface area contributed by atoms with Gasteiger partial charge in [0.2, 0.25) is 5.91 Å². The average Bonchev–Trinajstić information content (AvgIpc) is 3.26. The number of amides is 2. The van der Waals surface area contributed by atoms with Crippen LogP contribution >= 0.6 is 12.4 Å². The molecule has 2 heterocycles. The van der Waals surface area contributed by atoms with Crippen LogP contribution in [0.4, 0.5) is 0 Å². The molecule has 0 saturated carbocycles. The van der Waals surface area contributed by atoms with Crippen LogP contribution in [0.15, 0.2) is 24.3 Å². The predicted molar refractivity (Wildman–Crippen MR) is 114 cm³/mol. The summed E-state index contributed by atoms with van der Waals surface area (Å²) in [4.78, 5) is 26.6. The fraction of sp³-hybridized carbons (Fsp3) is 0.619. The van der Waals surface area contributed by atoms with Crippen molar-refractivity contribution in [2.45, 2.75) is 38.6 Å². The van der Waals surface area contributed by atoms with E-state index < -0.39 is 0 Å². The average molecular weight is 426 g/mol. The molecule has 0 aliphatic carbocycles. The maximum absolute atomic E-state index is 12.6. The van der Waals surface area contributed by atoms with Gasteiger partial charge in [0.1, 0.15) is 0 Å². The summed E-state index contributed by atoms with van der Waals surface area (Å²) >= 11 is 0. The lowest BCUT2D eigenvalue weighted by molar-refractivity contribution is -0.135. The number of likely N-dealkylation sites (tertiary alicyclic amines) is 1. The van der Waals surface area contributed by atoms with E-state index in [1.165, 1.54) is 0 Å². The van der Waals surface area contributed by atoms with Crippen molar-refractivity contribution in [2.75, 3.05) is 39.4 Å². The van der Waals surface area contributed by atoms with E-state index in [4.69, 9.17) is 9.47 Å². The van der Waals surface area contributed by atoms with Gasteiger partial charge in [-0.25, -0.2) is 0 Å². The molecule has 1 aromatic rings. The normalized spacial score (nSPS) is 21.2. The Morgan fingerprint density at radius 3 is 2.62 bits per heavy atom. The Labute approximate surface area is 178 Å². The van der Waals surface area contributed by atoms with Crippen molar-refractivity contribution >= 4 is 24.2 Å². The molecule has 29 heavy (non-hydrogen) atoms. The quantitative estimate of drug-likeness (QED) is 0.665. The minimum absolute atomic E-state index is 0. The molecule has 2 N–H and O–H groups in total. The highest BCUT2D eigenvalue weighted by molar-refractivity contribution is 5.85. The summed E-state index contributed by atoms with van der Waals surface area (Å²) < 4.78 is 11.2. The van der Waals surface area contributed by atoms with E-state index in [2.05, 4.69) is 10.6 Å². The summed E-state index contributed by atoms with van der Waals surface area (Å²) in [5.41, 5.74) is 0. The fourth-order valence-electron chi connectivity index (χ4n) is 3.81. The number of carbonyl (C=O) groups is 2. The van der Waals surface area contributed by atoms with Crippen molar-refractivity contribution < 1.29 is 19.1 Å². The maximum Gasteiger partial charge on any atom is 0.260 e. The molecule has 8 heteroatoms. The van der Waals surface area contributed by atoms with Crippen molar-refractivity contribution in [3.8, 4) is 11.5 Å². The Hall–Kier alpha value is -1.99. The number of halogens is 1. The van der Waals surface area contributed by atoms with Crippen LogP contribution < -0.4 is 20.1 Å². The molecule has 2 aliphatic heterocycles. The summed E-state index contributed by atoms with van der Waals surface area (Å²) in [6.07, 6.45) is 3.93. The highest BCUT2D eigenvalue weighted by Gasteiger charge is 2.26. The summed E-state index contributed by atoms with van der Waals surface area (Å²) in [5, 5.41) is 6.26. The second kappa shape index (κ2) is 11.9. The number of hydrogen-bond acceptors (Lipinski definition) is 5. The van der Waals surface area contributed by atoms with Crippen LogP contribution in [0.3, 0.4) is 0 Å². The van der Waals surface area contributed by atoms with E-state index >= 15 is 0 Å². The lowest BCUT2D eigenvalue weighted by atomic mass is 9.97. The Balaban J connectivity index is 0.00000300. The summed E-state index contributed by atoms with van der Waals surface area (Å²) in [6, 6.07) is 7.33. The third-order valence-corrected chi connectivity index (χ3v) is 5.31. The molecule has 1 aromatic carbocycles. The van der Waals surface area contributed by atoms with Crippen molar-refractivity contribution in [2.24, 2.45) is 5.92 Å². The van der Waals surface area contributed by atoms with Crippen LogP contribution in [0.25, 0.3) is 0 Å². The third-order valence-electron chi connectivity index (χ3n) is 5.31. The minimum Gasteiger partial charge on any atom is -0.490 e. The second-order valence-corrected chi connectivity index (χ2v) is 7.41.